The number of hydrogen-bond donors (Lipinski definition) is 0. The van der Waals surface area contributed by atoms with Gasteiger partial charge in [-0.05, 0) is 19.4 Å². The van der Waals surface area contributed by atoms with Crippen molar-refractivity contribution in [1.82, 2.24) is 4.98 Å². The fraction of sp³-hybridized carbons (Fsp3) is 0.333. The first kappa shape index (κ1) is 11.4. The van der Waals surface area contributed by atoms with Crippen molar-refractivity contribution in [2.75, 3.05) is 7.11 Å². The zero-order valence-corrected chi connectivity index (χ0v) is 9.12. The van der Waals surface area contributed by atoms with Crippen molar-refractivity contribution in [3.05, 3.63) is 36.0 Å². The van der Waals surface area contributed by atoms with E-state index in [0.717, 1.165) is 0 Å². The third kappa shape index (κ3) is 2.91. The molecule has 3 nitrogen and oxygen atoms in total. The van der Waals surface area contributed by atoms with Crippen LogP contribution in [-0.2, 0) is 0 Å². The smallest absolute Gasteiger partial charge is 0.213 e. The van der Waals surface area contributed by atoms with E-state index in [1.54, 1.807) is 25.3 Å². The number of rotatable bonds is 5. The number of methoxy groups -OCH3 is 1. The van der Waals surface area contributed by atoms with Crippen LogP contribution in [0.2, 0.25) is 0 Å². The van der Waals surface area contributed by atoms with Gasteiger partial charge in [0.1, 0.15) is 0 Å². The molecule has 0 aliphatic carbocycles. The zero-order chi connectivity index (χ0) is 11.3. The van der Waals surface area contributed by atoms with Crippen molar-refractivity contribution in [1.29, 1.82) is 0 Å². The van der Waals surface area contributed by atoms with Gasteiger partial charge in [0, 0.05) is 18.1 Å². The first-order valence-corrected chi connectivity index (χ1v) is 4.84. The summed E-state index contributed by atoms with van der Waals surface area (Å²) < 4.78 is 4.97. The number of aryl methyl sites for hydroxylation is 1. The van der Waals surface area contributed by atoms with E-state index in [9.17, 15) is 4.79 Å². The van der Waals surface area contributed by atoms with Crippen molar-refractivity contribution in [2.24, 2.45) is 0 Å². The molecule has 0 atom stereocenters. The molecule has 1 heterocycles. The SMILES string of the molecule is C=CCCC(=O)c1ccc(OC)nc1C. The summed E-state index contributed by atoms with van der Waals surface area (Å²) in [4.78, 5) is 15.8. The van der Waals surface area contributed by atoms with E-state index < -0.39 is 0 Å². The van der Waals surface area contributed by atoms with Crippen LogP contribution in [0.5, 0.6) is 5.88 Å². The monoisotopic (exact) mass is 205 g/mol. The largest absolute Gasteiger partial charge is 0.481 e. The van der Waals surface area contributed by atoms with Gasteiger partial charge < -0.3 is 4.74 Å². The number of aromatic nitrogens is 1. The zero-order valence-electron chi connectivity index (χ0n) is 9.12. The summed E-state index contributed by atoms with van der Waals surface area (Å²) in [6.45, 7) is 5.40. The van der Waals surface area contributed by atoms with E-state index in [-0.39, 0.29) is 5.78 Å². The number of nitrogens with zero attached hydrogens (tertiary/aromatic N) is 1. The summed E-state index contributed by atoms with van der Waals surface area (Å²) in [6, 6.07) is 3.46. The van der Waals surface area contributed by atoms with E-state index >= 15 is 0 Å². The van der Waals surface area contributed by atoms with Gasteiger partial charge in [-0.3, -0.25) is 4.79 Å². The third-order valence-corrected chi connectivity index (χ3v) is 2.15. The van der Waals surface area contributed by atoms with Crippen molar-refractivity contribution in [3.63, 3.8) is 0 Å². The Morgan fingerprint density at radius 2 is 2.33 bits per heavy atom. The van der Waals surface area contributed by atoms with Crippen molar-refractivity contribution in [3.8, 4) is 5.88 Å². The fourth-order valence-corrected chi connectivity index (χ4v) is 1.31. The molecule has 0 spiro atoms. The van der Waals surface area contributed by atoms with Crippen LogP contribution < -0.4 is 4.74 Å². The van der Waals surface area contributed by atoms with E-state index in [1.165, 1.54) is 0 Å². The average Bonchev–Trinajstić information content (AvgIpc) is 2.25. The molecule has 0 aliphatic heterocycles. The van der Waals surface area contributed by atoms with Gasteiger partial charge in [-0.25, -0.2) is 4.98 Å². The molecule has 0 radical (unpaired) electrons. The Labute approximate surface area is 89.8 Å². The summed E-state index contributed by atoms with van der Waals surface area (Å²) in [6.07, 6.45) is 2.92. The summed E-state index contributed by atoms with van der Waals surface area (Å²) in [5.74, 6) is 0.635. The minimum atomic E-state index is 0.0996. The van der Waals surface area contributed by atoms with Gasteiger partial charge in [0.05, 0.1) is 12.8 Å². The lowest BCUT2D eigenvalue weighted by molar-refractivity contribution is 0.0982. The van der Waals surface area contributed by atoms with Gasteiger partial charge in [0.25, 0.3) is 0 Å². The maximum absolute atomic E-state index is 11.7. The highest BCUT2D eigenvalue weighted by molar-refractivity contribution is 5.97. The molecule has 0 aliphatic rings. The molecule has 0 fully saturated rings. The number of pyridine rings is 1. The Balaban J connectivity index is 2.85. The maximum atomic E-state index is 11.7. The van der Waals surface area contributed by atoms with Gasteiger partial charge in [-0.1, -0.05) is 6.08 Å². The van der Waals surface area contributed by atoms with Crippen LogP contribution in [0.25, 0.3) is 0 Å². The van der Waals surface area contributed by atoms with E-state index in [4.69, 9.17) is 4.74 Å². The molecule has 0 amide bonds. The number of allylic oxidation sites excluding steroid dienone is 1. The van der Waals surface area contributed by atoms with E-state index in [2.05, 4.69) is 11.6 Å². The number of Topliss-reactive ketones (excluding diaryl/α,β-unsaturated/α-hetero) is 1. The van der Waals surface area contributed by atoms with Crippen LogP contribution in [0.1, 0.15) is 28.9 Å². The first-order valence-electron chi connectivity index (χ1n) is 4.84. The highest BCUT2D eigenvalue weighted by Crippen LogP contribution is 2.14. The average molecular weight is 205 g/mol. The minimum Gasteiger partial charge on any atom is -0.481 e. The van der Waals surface area contributed by atoms with Gasteiger partial charge in [-0.2, -0.15) is 0 Å². The lowest BCUT2D eigenvalue weighted by Gasteiger charge is -2.05. The second-order valence-corrected chi connectivity index (χ2v) is 3.24. The summed E-state index contributed by atoms with van der Waals surface area (Å²) in [5, 5.41) is 0. The molecule has 0 saturated heterocycles. The molecule has 1 rings (SSSR count). The second-order valence-electron chi connectivity index (χ2n) is 3.24. The summed E-state index contributed by atoms with van der Waals surface area (Å²) >= 11 is 0. The van der Waals surface area contributed by atoms with E-state index in [0.29, 0.717) is 30.0 Å². The molecule has 0 saturated carbocycles. The predicted octanol–water partition coefficient (Wildman–Crippen LogP) is 2.55. The molecule has 1 aromatic heterocycles. The van der Waals surface area contributed by atoms with Crippen molar-refractivity contribution < 1.29 is 9.53 Å². The van der Waals surface area contributed by atoms with Gasteiger partial charge in [-0.15, -0.1) is 6.58 Å². The molecule has 15 heavy (non-hydrogen) atoms. The highest BCUT2D eigenvalue weighted by atomic mass is 16.5. The van der Waals surface area contributed by atoms with Crippen LogP contribution in [-0.4, -0.2) is 17.9 Å². The molecule has 0 aromatic carbocycles. The number of carbonyl (C=O) groups excluding carboxylic acids is 1. The number of carbonyl (C=O) groups is 1. The predicted molar refractivity (Wildman–Crippen MR) is 59.3 cm³/mol. The highest BCUT2D eigenvalue weighted by Gasteiger charge is 2.09. The lowest BCUT2D eigenvalue weighted by atomic mass is 10.1. The molecule has 1 aromatic rings. The molecular weight excluding hydrogens is 190 g/mol. The number of ketones is 1. The van der Waals surface area contributed by atoms with Crippen molar-refractivity contribution in [2.45, 2.75) is 19.8 Å². The number of hydrogen-bond acceptors (Lipinski definition) is 3. The quantitative estimate of drug-likeness (QED) is 0.547. The normalized spacial score (nSPS) is 9.73. The summed E-state index contributed by atoms with van der Waals surface area (Å²) in [7, 11) is 1.56. The van der Waals surface area contributed by atoms with Crippen LogP contribution in [0.3, 0.4) is 0 Å². The molecule has 0 bridgehead atoms. The van der Waals surface area contributed by atoms with E-state index in [1.807, 2.05) is 6.92 Å². The third-order valence-electron chi connectivity index (χ3n) is 2.15. The van der Waals surface area contributed by atoms with Crippen LogP contribution in [0, 0.1) is 6.92 Å². The van der Waals surface area contributed by atoms with Crippen LogP contribution >= 0.6 is 0 Å². The Kier molecular flexibility index (Phi) is 4.03. The fourth-order valence-electron chi connectivity index (χ4n) is 1.31. The topological polar surface area (TPSA) is 39.2 Å². The second kappa shape index (κ2) is 5.29. The minimum absolute atomic E-state index is 0.0996. The maximum Gasteiger partial charge on any atom is 0.213 e. The molecular formula is C12H15NO2. The molecule has 0 N–H and O–H groups in total. The van der Waals surface area contributed by atoms with Gasteiger partial charge in [0.2, 0.25) is 5.88 Å². The van der Waals surface area contributed by atoms with Crippen molar-refractivity contribution >= 4 is 5.78 Å². The molecule has 80 valence electrons. The standard InChI is InChI=1S/C12H15NO2/c1-4-5-6-11(14)10-7-8-12(15-3)13-9(10)2/h4,7-8H,1,5-6H2,2-3H3. The Morgan fingerprint density at radius 3 is 2.87 bits per heavy atom. The Hall–Kier alpha value is -1.64. The summed E-state index contributed by atoms with van der Waals surface area (Å²) in [5.41, 5.74) is 1.38. The van der Waals surface area contributed by atoms with Gasteiger partial charge in [0.15, 0.2) is 5.78 Å². The molecule has 0 unspecified atom stereocenters. The Bertz CT molecular complexity index is 372. The first-order chi connectivity index (χ1) is 7.19. The number of ether oxygens (including phenoxy) is 1. The molecule has 3 heteroatoms. The Morgan fingerprint density at radius 1 is 1.60 bits per heavy atom. The van der Waals surface area contributed by atoms with Crippen LogP contribution in [0.4, 0.5) is 0 Å². The van der Waals surface area contributed by atoms with Crippen LogP contribution in [0.15, 0.2) is 24.8 Å². The van der Waals surface area contributed by atoms with Gasteiger partial charge >= 0.3 is 0 Å². The lowest BCUT2D eigenvalue weighted by Crippen LogP contribution is -2.03.